The van der Waals surface area contributed by atoms with E-state index >= 15 is 0 Å². The summed E-state index contributed by atoms with van der Waals surface area (Å²) in [5.74, 6) is 3.06. The Labute approximate surface area is 118 Å². The molecule has 0 aliphatic rings. The lowest BCUT2D eigenvalue weighted by Gasteiger charge is -2.12. The zero-order valence-electron chi connectivity index (χ0n) is 10.7. The van der Waals surface area contributed by atoms with Gasteiger partial charge in [0.15, 0.2) is 0 Å². The summed E-state index contributed by atoms with van der Waals surface area (Å²) in [7, 11) is 0. The van der Waals surface area contributed by atoms with Crippen molar-refractivity contribution in [1.82, 2.24) is 0 Å². The van der Waals surface area contributed by atoms with Gasteiger partial charge in [0.25, 0.3) is 5.91 Å². The van der Waals surface area contributed by atoms with E-state index in [0.717, 1.165) is 12.1 Å². The van der Waals surface area contributed by atoms with E-state index in [1.54, 1.807) is 0 Å². The zero-order valence-corrected chi connectivity index (χ0v) is 10.7. The number of rotatable bonds is 4. The highest BCUT2D eigenvalue weighted by atomic mass is 19.1. The van der Waals surface area contributed by atoms with Crippen LogP contribution in [0.3, 0.4) is 0 Å². The van der Waals surface area contributed by atoms with Crippen LogP contribution in [0.15, 0.2) is 42.5 Å². The van der Waals surface area contributed by atoms with E-state index in [1.807, 2.05) is 0 Å². The Hall–Kier alpha value is -2.80. The fourth-order valence-electron chi connectivity index (χ4n) is 1.69. The van der Waals surface area contributed by atoms with E-state index in [2.05, 4.69) is 5.32 Å². The number of hydrogen-bond acceptors (Lipinski definition) is 3. The number of nitrogens with one attached hydrogen (secondary N) is 1. The Balaban J connectivity index is 2.21. The summed E-state index contributed by atoms with van der Waals surface area (Å²) >= 11 is 0. The molecule has 5 nitrogen and oxygen atoms in total. The minimum Gasteiger partial charge on any atom is -0.322 e. The maximum Gasteiger partial charge on any atom is 0.258 e. The lowest BCUT2D eigenvalue weighted by atomic mass is 10.2. The topological polar surface area (TPSA) is 75.4 Å². The van der Waals surface area contributed by atoms with Gasteiger partial charge in [-0.05, 0) is 30.3 Å². The number of carbonyl (C=O) groups is 2. The minimum absolute atomic E-state index is 0.115. The Bertz CT molecular complexity index is 692. The maximum atomic E-state index is 13.7. The van der Waals surface area contributed by atoms with Crippen LogP contribution < -0.4 is 16.2 Å². The first-order valence-electron chi connectivity index (χ1n) is 5.87. The molecule has 2 amide bonds. The number of anilines is 2. The molecule has 0 atom stereocenters. The molecule has 0 unspecified atom stereocenters. The third-order valence-corrected chi connectivity index (χ3v) is 2.72. The molecule has 2 rings (SSSR count). The van der Waals surface area contributed by atoms with Crippen molar-refractivity contribution in [3.05, 3.63) is 59.7 Å². The molecule has 3 N–H and O–H groups in total. The largest absolute Gasteiger partial charge is 0.322 e. The van der Waals surface area contributed by atoms with Gasteiger partial charge < -0.3 is 5.32 Å². The van der Waals surface area contributed by atoms with E-state index in [-0.39, 0.29) is 23.3 Å². The van der Waals surface area contributed by atoms with Crippen LogP contribution in [0.2, 0.25) is 0 Å². The molecule has 0 spiro atoms. The highest BCUT2D eigenvalue weighted by Gasteiger charge is 2.13. The van der Waals surface area contributed by atoms with Crippen LogP contribution in [0, 0.1) is 11.6 Å². The first-order valence-corrected chi connectivity index (χ1v) is 5.87. The standard InChI is InChI=1S/C14H11F2N3O2/c15-11-4-2-1-3-10(11)14(21)18-9-5-6-13(12(16)7-9)19(17)8-20/h1-8H,17H2,(H,18,21). The fourth-order valence-corrected chi connectivity index (χ4v) is 1.69. The molecule has 2 aromatic carbocycles. The van der Waals surface area contributed by atoms with Crippen molar-refractivity contribution in [2.24, 2.45) is 5.84 Å². The molecule has 0 fully saturated rings. The van der Waals surface area contributed by atoms with E-state index in [0.29, 0.717) is 5.01 Å². The van der Waals surface area contributed by atoms with Crippen molar-refractivity contribution in [2.75, 3.05) is 10.3 Å². The van der Waals surface area contributed by atoms with E-state index < -0.39 is 17.5 Å². The van der Waals surface area contributed by atoms with Gasteiger partial charge in [0.1, 0.15) is 11.6 Å². The van der Waals surface area contributed by atoms with Gasteiger partial charge in [-0.15, -0.1) is 0 Å². The molecule has 21 heavy (non-hydrogen) atoms. The van der Waals surface area contributed by atoms with Crippen molar-refractivity contribution < 1.29 is 18.4 Å². The second kappa shape index (κ2) is 6.10. The first kappa shape index (κ1) is 14.6. The summed E-state index contributed by atoms with van der Waals surface area (Å²) in [5.41, 5.74) is -0.187. The number of benzene rings is 2. The van der Waals surface area contributed by atoms with Crippen LogP contribution in [0.4, 0.5) is 20.2 Å². The summed E-state index contributed by atoms with van der Waals surface area (Å²) in [5, 5.41) is 2.92. The monoisotopic (exact) mass is 291 g/mol. The smallest absolute Gasteiger partial charge is 0.258 e. The van der Waals surface area contributed by atoms with Crippen LogP contribution in [0.25, 0.3) is 0 Å². The van der Waals surface area contributed by atoms with E-state index in [4.69, 9.17) is 5.84 Å². The lowest BCUT2D eigenvalue weighted by molar-refractivity contribution is -0.107. The van der Waals surface area contributed by atoms with Crippen molar-refractivity contribution in [3.63, 3.8) is 0 Å². The van der Waals surface area contributed by atoms with Gasteiger partial charge in [-0.3, -0.25) is 9.59 Å². The highest BCUT2D eigenvalue weighted by Crippen LogP contribution is 2.21. The molecule has 0 saturated carbocycles. The molecule has 0 radical (unpaired) electrons. The zero-order chi connectivity index (χ0) is 15.4. The summed E-state index contributed by atoms with van der Waals surface area (Å²) in [6.45, 7) is 0. The molecule has 0 bridgehead atoms. The van der Waals surface area contributed by atoms with Crippen LogP contribution >= 0.6 is 0 Å². The number of nitrogens with two attached hydrogens (primary N) is 1. The molecule has 0 aliphatic carbocycles. The van der Waals surface area contributed by atoms with Gasteiger partial charge in [-0.1, -0.05) is 12.1 Å². The number of carbonyl (C=O) groups excluding carboxylic acids is 2. The number of hydrogen-bond donors (Lipinski definition) is 2. The van der Waals surface area contributed by atoms with Gasteiger partial charge >= 0.3 is 0 Å². The molecule has 2 aromatic rings. The molecule has 108 valence electrons. The molecule has 0 aromatic heterocycles. The van der Waals surface area contributed by atoms with Gasteiger partial charge in [0, 0.05) is 5.69 Å². The molecule has 0 heterocycles. The van der Waals surface area contributed by atoms with Crippen molar-refractivity contribution >= 4 is 23.7 Å². The highest BCUT2D eigenvalue weighted by molar-refractivity contribution is 6.04. The average molecular weight is 291 g/mol. The predicted octanol–water partition coefficient (Wildman–Crippen LogP) is 2.05. The third kappa shape index (κ3) is 3.21. The van der Waals surface area contributed by atoms with Crippen LogP contribution in [0.1, 0.15) is 10.4 Å². The molecular formula is C14H11F2N3O2. The van der Waals surface area contributed by atoms with Crippen LogP contribution in [-0.2, 0) is 4.79 Å². The number of nitrogens with zero attached hydrogens (tertiary/aromatic N) is 1. The minimum atomic E-state index is -0.795. The quantitative estimate of drug-likeness (QED) is 0.392. The van der Waals surface area contributed by atoms with Crippen molar-refractivity contribution in [1.29, 1.82) is 0 Å². The summed E-state index contributed by atoms with van der Waals surface area (Å²) in [6, 6.07) is 8.98. The SMILES string of the molecule is NN(C=O)c1ccc(NC(=O)c2ccccc2F)cc1F. The molecular weight excluding hydrogens is 280 g/mol. The number of amides is 2. The number of hydrazine groups is 1. The van der Waals surface area contributed by atoms with E-state index in [9.17, 15) is 18.4 Å². The second-order valence-electron chi connectivity index (χ2n) is 4.11. The summed E-state index contributed by atoms with van der Waals surface area (Å²) in [4.78, 5) is 22.3. The van der Waals surface area contributed by atoms with Crippen molar-refractivity contribution in [2.45, 2.75) is 0 Å². The fraction of sp³-hybridized carbons (Fsp3) is 0. The van der Waals surface area contributed by atoms with Gasteiger partial charge in [-0.25, -0.2) is 19.6 Å². The summed E-state index contributed by atoms with van der Waals surface area (Å²) in [6.07, 6.45) is 0.246. The van der Waals surface area contributed by atoms with Crippen molar-refractivity contribution in [3.8, 4) is 0 Å². The van der Waals surface area contributed by atoms with Gasteiger partial charge in [0.2, 0.25) is 6.41 Å². The summed E-state index contributed by atoms with van der Waals surface area (Å²) < 4.78 is 27.2. The molecule has 0 saturated heterocycles. The Morgan fingerprint density at radius 3 is 2.48 bits per heavy atom. The molecule has 0 aliphatic heterocycles. The van der Waals surface area contributed by atoms with Crippen LogP contribution in [0.5, 0.6) is 0 Å². The maximum absolute atomic E-state index is 13.7. The Kier molecular flexibility index (Phi) is 4.24. The predicted molar refractivity (Wildman–Crippen MR) is 73.5 cm³/mol. The van der Waals surface area contributed by atoms with E-state index in [1.165, 1.54) is 30.3 Å². The molecule has 7 heteroatoms. The van der Waals surface area contributed by atoms with Gasteiger partial charge in [0.05, 0.1) is 11.3 Å². The Morgan fingerprint density at radius 1 is 1.14 bits per heavy atom. The second-order valence-corrected chi connectivity index (χ2v) is 4.11. The lowest BCUT2D eigenvalue weighted by Crippen LogP contribution is -2.29. The first-order chi connectivity index (χ1) is 10.0. The normalized spacial score (nSPS) is 10.0. The average Bonchev–Trinajstić information content (AvgIpc) is 2.47. The number of halogens is 2. The van der Waals surface area contributed by atoms with Gasteiger partial charge in [-0.2, -0.15) is 0 Å². The third-order valence-electron chi connectivity index (χ3n) is 2.72. The Morgan fingerprint density at radius 2 is 1.86 bits per heavy atom. The van der Waals surface area contributed by atoms with Crippen LogP contribution in [-0.4, -0.2) is 12.3 Å².